The molecule has 62 valence electrons. The van der Waals surface area contributed by atoms with Gasteiger partial charge in [-0.25, -0.2) is 0 Å². The van der Waals surface area contributed by atoms with E-state index in [9.17, 15) is 0 Å². The molecule has 0 bridgehead atoms. The Morgan fingerprint density at radius 3 is 2.00 bits per heavy atom. The van der Waals surface area contributed by atoms with Crippen LogP contribution in [-0.4, -0.2) is 11.2 Å². The molecule has 1 nitrogen and oxygen atoms in total. The Kier molecular flexibility index (Phi) is 14.2. The Bertz CT molecular complexity index is 55.0. The standard InChI is InChI=1S/C6H12.C3H8O/c1-3-5-6-4-2;1-3(2)4/h3H,1,4-6H2,2H3;3-4H,1-2H3. The fourth-order valence-electron chi connectivity index (χ4n) is 0.348. The van der Waals surface area contributed by atoms with E-state index >= 15 is 0 Å². The van der Waals surface area contributed by atoms with Gasteiger partial charge in [0, 0.05) is 6.10 Å². The molecule has 1 N–H and O–H groups in total. The van der Waals surface area contributed by atoms with Gasteiger partial charge in [-0.2, -0.15) is 0 Å². The van der Waals surface area contributed by atoms with Crippen molar-refractivity contribution < 1.29 is 5.11 Å². The van der Waals surface area contributed by atoms with Gasteiger partial charge in [-0.3, -0.25) is 0 Å². The van der Waals surface area contributed by atoms with E-state index < -0.39 is 0 Å². The molecule has 0 rings (SSSR count). The lowest BCUT2D eigenvalue weighted by Gasteiger charge is -1.81. The quantitative estimate of drug-likeness (QED) is 0.477. The summed E-state index contributed by atoms with van der Waals surface area (Å²) in [5.74, 6) is 0. The van der Waals surface area contributed by atoms with E-state index in [1.165, 1.54) is 19.3 Å². The number of unbranched alkanes of at least 4 members (excludes halogenated alkanes) is 2. The van der Waals surface area contributed by atoms with E-state index in [2.05, 4.69) is 13.5 Å². The highest BCUT2D eigenvalue weighted by molar-refractivity contribution is 4.64. The van der Waals surface area contributed by atoms with Crippen molar-refractivity contribution in [1.29, 1.82) is 0 Å². The van der Waals surface area contributed by atoms with Gasteiger partial charge in [0.25, 0.3) is 0 Å². The lowest BCUT2D eigenvalue weighted by molar-refractivity contribution is 0.216. The van der Waals surface area contributed by atoms with Crippen molar-refractivity contribution in [3.63, 3.8) is 0 Å². The molecule has 0 aromatic rings. The highest BCUT2D eigenvalue weighted by Crippen LogP contribution is 1.91. The second-order valence-corrected chi connectivity index (χ2v) is 2.52. The number of hydrogen-bond acceptors (Lipinski definition) is 1. The molecule has 0 radical (unpaired) electrons. The van der Waals surface area contributed by atoms with E-state index in [-0.39, 0.29) is 6.10 Å². The Hall–Kier alpha value is -0.300. The second kappa shape index (κ2) is 11.5. The molecule has 0 aromatic carbocycles. The monoisotopic (exact) mass is 144 g/mol. The summed E-state index contributed by atoms with van der Waals surface area (Å²) in [5, 5.41) is 8.06. The molecular formula is C9H20O. The molecule has 0 aliphatic rings. The fourth-order valence-corrected chi connectivity index (χ4v) is 0.348. The van der Waals surface area contributed by atoms with Crippen LogP contribution >= 0.6 is 0 Å². The van der Waals surface area contributed by atoms with Crippen molar-refractivity contribution in [2.24, 2.45) is 0 Å². The third-order valence-corrected chi connectivity index (χ3v) is 0.762. The predicted molar refractivity (Wildman–Crippen MR) is 47.1 cm³/mol. The molecule has 0 unspecified atom stereocenters. The molecule has 10 heavy (non-hydrogen) atoms. The van der Waals surface area contributed by atoms with Crippen molar-refractivity contribution in [3.8, 4) is 0 Å². The topological polar surface area (TPSA) is 20.2 Å². The van der Waals surface area contributed by atoms with Crippen molar-refractivity contribution in [1.82, 2.24) is 0 Å². The van der Waals surface area contributed by atoms with E-state index in [1.54, 1.807) is 13.8 Å². The lowest BCUT2D eigenvalue weighted by Crippen LogP contribution is -1.85. The van der Waals surface area contributed by atoms with Crippen LogP contribution in [0.4, 0.5) is 0 Å². The molecule has 0 spiro atoms. The number of rotatable bonds is 3. The molecule has 0 heterocycles. The summed E-state index contributed by atoms with van der Waals surface area (Å²) in [4.78, 5) is 0. The molecule has 0 saturated carbocycles. The van der Waals surface area contributed by atoms with Gasteiger partial charge in [0.2, 0.25) is 0 Å². The van der Waals surface area contributed by atoms with Crippen LogP contribution in [0.3, 0.4) is 0 Å². The zero-order chi connectivity index (χ0) is 8.41. The lowest BCUT2D eigenvalue weighted by atomic mass is 10.3. The summed E-state index contributed by atoms with van der Waals surface area (Å²) in [5.41, 5.74) is 0. The Morgan fingerprint density at radius 2 is 1.90 bits per heavy atom. The molecule has 0 atom stereocenters. The normalized spacial score (nSPS) is 8.50. The first-order chi connectivity index (χ1) is 4.65. The number of aliphatic hydroxyl groups is 1. The van der Waals surface area contributed by atoms with Gasteiger partial charge in [0.15, 0.2) is 0 Å². The minimum absolute atomic E-state index is 0.167. The van der Waals surface area contributed by atoms with Gasteiger partial charge in [-0.15, -0.1) is 6.58 Å². The minimum atomic E-state index is -0.167. The van der Waals surface area contributed by atoms with Gasteiger partial charge in [0.05, 0.1) is 0 Å². The molecule has 1 heteroatoms. The van der Waals surface area contributed by atoms with Gasteiger partial charge in [0.1, 0.15) is 0 Å². The molecular weight excluding hydrogens is 124 g/mol. The number of hydrogen-bond donors (Lipinski definition) is 1. The average molecular weight is 144 g/mol. The van der Waals surface area contributed by atoms with Gasteiger partial charge < -0.3 is 5.11 Å². The van der Waals surface area contributed by atoms with Crippen LogP contribution < -0.4 is 0 Å². The van der Waals surface area contributed by atoms with Crippen molar-refractivity contribution in [3.05, 3.63) is 12.7 Å². The maximum absolute atomic E-state index is 8.06. The van der Waals surface area contributed by atoms with E-state index in [1.807, 2.05) is 6.08 Å². The summed E-state index contributed by atoms with van der Waals surface area (Å²) in [6.45, 7) is 9.23. The van der Waals surface area contributed by atoms with E-state index in [4.69, 9.17) is 5.11 Å². The van der Waals surface area contributed by atoms with Crippen LogP contribution in [-0.2, 0) is 0 Å². The SMILES string of the molecule is C=CCCCC.CC(C)O. The largest absolute Gasteiger partial charge is 0.394 e. The Balaban J connectivity index is 0. The van der Waals surface area contributed by atoms with Crippen LogP contribution in [0.2, 0.25) is 0 Å². The van der Waals surface area contributed by atoms with E-state index in [0.717, 1.165) is 0 Å². The smallest absolute Gasteiger partial charge is 0.0483 e. The Morgan fingerprint density at radius 1 is 1.50 bits per heavy atom. The summed E-state index contributed by atoms with van der Waals surface area (Å²) < 4.78 is 0. The van der Waals surface area contributed by atoms with Crippen molar-refractivity contribution in [2.75, 3.05) is 0 Å². The highest BCUT2D eigenvalue weighted by atomic mass is 16.3. The third kappa shape index (κ3) is 47.4. The molecule has 0 aliphatic carbocycles. The molecule has 0 aliphatic heterocycles. The highest BCUT2D eigenvalue weighted by Gasteiger charge is 1.71. The van der Waals surface area contributed by atoms with Crippen LogP contribution in [0.15, 0.2) is 12.7 Å². The van der Waals surface area contributed by atoms with Gasteiger partial charge >= 0.3 is 0 Å². The van der Waals surface area contributed by atoms with Crippen LogP contribution in [0, 0.1) is 0 Å². The van der Waals surface area contributed by atoms with Gasteiger partial charge in [-0.1, -0.05) is 25.8 Å². The molecule has 0 aromatic heterocycles. The zero-order valence-electron chi connectivity index (χ0n) is 7.43. The van der Waals surface area contributed by atoms with Crippen LogP contribution in [0.1, 0.15) is 40.0 Å². The zero-order valence-corrected chi connectivity index (χ0v) is 7.43. The second-order valence-electron chi connectivity index (χ2n) is 2.52. The van der Waals surface area contributed by atoms with Crippen molar-refractivity contribution in [2.45, 2.75) is 46.1 Å². The first kappa shape index (κ1) is 12.4. The molecule has 0 saturated heterocycles. The van der Waals surface area contributed by atoms with Crippen LogP contribution in [0.25, 0.3) is 0 Å². The minimum Gasteiger partial charge on any atom is -0.394 e. The third-order valence-electron chi connectivity index (χ3n) is 0.762. The number of allylic oxidation sites excluding steroid dienone is 1. The average Bonchev–Trinajstić information content (AvgIpc) is 1.82. The predicted octanol–water partition coefficient (Wildman–Crippen LogP) is 2.75. The first-order valence-electron chi connectivity index (χ1n) is 3.94. The summed E-state index contributed by atoms with van der Waals surface area (Å²) in [6, 6.07) is 0. The maximum atomic E-state index is 8.06. The molecule has 0 fully saturated rings. The number of aliphatic hydroxyl groups excluding tert-OH is 1. The maximum Gasteiger partial charge on any atom is 0.0483 e. The van der Waals surface area contributed by atoms with Crippen LogP contribution in [0.5, 0.6) is 0 Å². The Labute approximate surface area is 64.8 Å². The van der Waals surface area contributed by atoms with E-state index in [0.29, 0.717) is 0 Å². The van der Waals surface area contributed by atoms with Gasteiger partial charge in [-0.05, 0) is 20.3 Å². The summed E-state index contributed by atoms with van der Waals surface area (Å²) in [6.07, 6.45) is 5.55. The summed E-state index contributed by atoms with van der Waals surface area (Å²) in [7, 11) is 0. The molecule has 0 amide bonds. The fraction of sp³-hybridized carbons (Fsp3) is 0.778. The summed E-state index contributed by atoms with van der Waals surface area (Å²) >= 11 is 0. The first-order valence-corrected chi connectivity index (χ1v) is 3.94. The van der Waals surface area contributed by atoms with Crippen molar-refractivity contribution >= 4 is 0 Å².